The molecule has 3 rings (SSSR count). The second kappa shape index (κ2) is 5.75. The summed E-state index contributed by atoms with van der Waals surface area (Å²) in [6.07, 6.45) is 15.9. The quantitative estimate of drug-likeness (QED) is 0.689. The number of carbonyl (C=O) groups excluding carboxylic acids is 1. The summed E-state index contributed by atoms with van der Waals surface area (Å²) in [5.41, 5.74) is 0. The number of carbonyl (C=O) groups is 1. The van der Waals surface area contributed by atoms with Crippen molar-refractivity contribution in [3.63, 3.8) is 0 Å². The molecule has 0 saturated heterocycles. The molecule has 0 aromatic carbocycles. The monoisotopic (exact) mass is 248 g/mol. The van der Waals surface area contributed by atoms with Crippen molar-refractivity contribution >= 4 is 5.78 Å². The largest absolute Gasteiger partial charge is 0.299 e. The standard InChI is InChI=1S/C17H28O/c18-17(14-7-2-1-3-8-14)16-11-10-13-6-4-5-9-15(13)12-16/h13-16H,1-12H2. The molecule has 102 valence electrons. The lowest BCUT2D eigenvalue weighted by Crippen LogP contribution is -2.34. The Bertz CT molecular complexity index is 290. The second-order valence-corrected chi connectivity index (χ2v) is 7.05. The Hall–Kier alpha value is -0.330. The number of hydrogen-bond donors (Lipinski definition) is 0. The van der Waals surface area contributed by atoms with E-state index < -0.39 is 0 Å². The summed E-state index contributed by atoms with van der Waals surface area (Å²) < 4.78 is 0. The first-order valence-electron chi connectivity index (χ1n) is 8.38. The zero-order chi connectivity index (χ0) is 12.4. The van der Waals surface area contributed by atoms with Crippen molar-refractivity contribution in [3.05, 3.63) is 0 Å². The zero-order valence-corrected chi connectivity index (χ0v) is 11.7. The Morgan fingerprint density at radius 1 is 0.611 bits per heavy atom. The third kappa shape index (κ3) is 2.65. The van der Waals surface area contributed by atoms with Gasteiger partial charge in [-0.05, 0) is 43.9 Å². The minimum atomic E-state index is 0.448. The third-order valence-electron chi connectivity index (χ3n) is 5.95. The fraction of sp³-hybridized carbons (Fsp3) is 0.941. The molecule has 0 radical (unpaired) electrons. The summed E-state index contributed by atoms with van der Waals surface area (Å²) in [4.78, 5) is 12.6. The van der Waals surface area contributed by atoms with E-state index in [0.717, 1.165) is 11.8 Å². The highest BCUT2D eigenvalue weighted by atomic mass is 16.1. The van der Waals surface area contributed by atoms with Crippen LogP contribution in [0.3, 0.4) is 0 Å². The summed E-state index contributed by atoms with van der Waals surface area (Å²) in [6.45, 7) is 0. The van der Waals surface area contributed by atoms with Crippen LogP contribution >= 0.6 is 0 Å². The van der Waals surface area contributed by atoms with E-state index >= 15 is 0 Å². The highest BCUT2D eigenvalue weighted by molar-refractivity contribution is 5.83. The molecule has 3 fully saturated rings. The van der Waals surface area contributed by atoms with E-state index in [1.807, 2.05) is 0 Å². The predicted octanol–water partition coefficient (Wildman–Crippen LogP) is 4.74. The van der Waals surface area contributed by atoms with Gasteiger partial charge >= 0.3 is 0 Å². The lowest BCUT2D eigenvalue weighted by molar-refractivity contribution is -0.130. The molecular weight excluding hydrogens is 220 g/mol. The van der Waals surface area contributed by atoms with Gasteiger partial charge < -0.3 is 0 Å². The van der Waals surface area contributed by atoms with Crippen molar-refractivity contribution in [1.29, 1.82) is 0 Å². The maximum absolute atomic E-state index is 12.6. The van der Waals surface area contributed by atoms with Crippen molar-refractivity contribution < 1.29 is 4.79 Å². The van der Waals surface area contributed by atoms with Gasteiger partial charge in [-0.2, -0.15) is 0 Å². The van der Waals surface area contributed by atoms with Crippen molar-refractivity contribution in [2.75, 3.05) is 0 Å². The molecule has 0 amide bonds. The molecule has 0 spiro atoms. The van der Waals surface area contributed by atoms with Gasteiger partial charge in [-0.15, -0.1) is 0 Å². The molecule has 3 aliphatic carbocycles. The van der Waals surface area contributed by atoms with Crippen LogP contribution in [0.5, 0.6) is 0 Å². The van der Waals surface area contributed by atoms with E-state index in [2.05, 4.69) is 0 Å². The van der Waals surface area contributed by atoms with Crippen LogP contribution in [0.25, 0.3) is 0 Å². The lowest BCUT2D eigenvalue weighted by atomic mass is 9.65. The maximum Gasteiger partial charge on any atom is 0.139 e. The van der Waals surface area contributed by atoms with E-state index in [0.29, 0.717) is 17.6 Å². The SMILES string of the molecule is O=C(C1CCCCC1)C1CCC2CCCCC2C1. The topological polar surface area (TPSA) is 17.1 Å². The zero-order valence-electron chi connectivity index (χ0n) is 11.7. The molecule has 0 bridgehead atoms. The number of hydrogen-bond acceptors (Lipinski definition) is 1. The van der Waals surface area contributed by atoms with Gasteiger partial charge in [-0.1, -0.05) is 44.9 Å². The highest BCUT2D eigenvalue weighted by Gasteiger charge is 2.37. The molecule has 0 aromatic heterocycles. The van der Waals surface area contributed by atoms with Gasteiger partial charge in [-0.25, -0.2) is 0 Å². The molecule has 18 heavy (non-hydrogen) atoms. The van der Waals surface area contributed by atoms with E-state index in [-0.39, 0.29) is 0 Å². The molecule has 3 unspecified atom stereocenters. The first kappa shape index (κ1) is 12.7. The minimum Gasteiger partial charge on any atom is -0.299 e. The smallest absolute Gasteiger partial charge is 0.139 e. The van der Waals surface area contributed by atoms with Crippen LogP contribution < -0.4 is 0 Å². The molecule has 3 aliphatic rings. The van der Waals surface area contributed by atoms with Crippen LogP contribution in [0.4, 0.5) is 0 Å². The summed E-state index contributed by atoms with van der Waals surface area (Å²) in [6, 6.07) is 0. The van der Waals surface area contributed by atoms with Gasteiger partial charge in [0.1, 0.15) is 5.78 Å². The Morgan fingerprint density at radius 3 is 2.06 bits per heavy atom. The maximum atomic E-state index is 12.6. The molecule has 3 atom stereocenters. The Morgan fingerprint density at radius 2 is 1.28 bits per heavy atom. The average molecular weight is 248 g/mol. The molecule has 0 N–H and O–H groups in total. The fourth-order valence-electron chi connectivity index (χ4n) is 4.85. The Labute approximate surface area is 112 Å². The van der Waals surface area contributed by atoms with Crippen molar-refractivity contribution in [2.24, 2.45) is 23.7 Å². The van der Waals surface area contributed by atoms with Gasteiger partial charge in [0.15, 0.2) is 0 Å². The van der Waals surface area contributed by atoms with Crippen LogP contribution in [0.2, 0.25) is 0 Å². The van der Waals surface area contributed by atoms with E-state index in [9.17, 15) is 4.79 Å². The third-order valence-corrected chi connectivity index (χ3v) is 5.95. The molecular formula is C17H28O. The van der Waals surface area contributed by atoms with Crippen LogP contribution in [0.15, 0.2) is 0 Å². The molecule has 1 heteroatoms. The average Bonchev–Trinajstić information content (AvgIpc) is 2.47. The fourth-order valence-corrected chi connectivity index (χ4v) is 4.85. The molecule has 0 heterocycles. The number of fused-ring (bicyclic) bond motifs is 1. The summed E-state index contributed by atoms with van der Waals surface area (Å²) in [5, 5.41) is 0. The van der Waals surface area contributed by atoms with E-state index in [4.69, 9.17) is 0 Å². The highest BCUT2D eigenvalue weighted by Crippen LogP contribution is 2.44. The van der Waals surface area contributed by atoms with Crippen molar-refractivity contribution in [1.82, 2.24) is 0 Å². The molecule has 3 saturated carbocycles. The normalized spacial score (nSPS) is 38.1. The van der Waals surface area contributed by atoms with Crippen LogP contribution in [0, 0.1) is 23.7 Å². The van der Waals surface area contributed by atoms with Crippen LogP contribution in [-0.4, -0.2) is 5.78 Å². The van der Waals surface area contributed by atoms with Gasteiger partial charge in [-0.3, -0.25) is 4.79 Å². The summed E-state index contributed by atoms with van der Waals surface area (Å²) in [7, 11) is 0. The van der Waals surface area contributed by atoms with Gasteiger partial charge in [0.25, 0.3) is 0 Å². The van der Waals surface area contributed by atoms with Crippen LogP contribution in [0.1, 0.15) is 77.0 Å². The van der Waals surface area contributed by atoms with Gasteiger partial charge in [0.2, 0.25) is 0 Å². The minimum absolute atomic E-state index is 0.448. The first-order chi connectivity index (χ1) is 8.84. The first-order valence-corrected chi connectivity index (χ1v) is 8.38. The summed E-state index contributed by atoms with van der Waals surface area (Å²) >= 11 is 0. The van der Waals surface area contributed by atoms with E-state index in [1.54, 1.807) is 0 Å². The van der Waals surface area contributed by atoms with Gasteiger partial charge in [0, 0.05) is 11.8 Å². The Balaban J connectivity index is 1.57. The number of Topliss-reactive ketones (excluding diaryl/α,β-unsaturated/α-hetero) is 1. The number of ketones is 1. The lowest BCUT2D eigenvalue weighted by Gasteiger charge is -2.40. The van der Waals surface area contributed by atoms with E-state index in [1.165, 1.54) is 77.0 Å². The van der Waals surface area contributed by atoms with Crippen LogP contribution in [-0.2, 0) is 4.79 Å². The van der Waals surface area contributed by atoms with Gasteiger partial charge in [0.05, 0.1) is 0 Å². The second-order valence-electron chi connectivity index (χ2n) is 7.05. The number of rotatable bonds is 2. The predicted molar refractivity (Wildman–Crippen MR) is 74.4 cm³/mol. The molecule has 0 aliphatic heterocycles. The van der Waals surface area contributed by atoms with Crippen molar-refractivity contribution in [2.45, 2.75) is 77.0 Å². The molecule has 1 nitrogen and oxygen atoms in total. The Kier molecular flexibility index (Phi) is 4.06. The molecule has 0 aromatic rings. The summed E-state index contributed by atoms with van der Waals surface area (Å²) in [5.74, 6) is 3.45. The van der Waals surface area contributed by atoms with Crippen molar-refractivity contribution in [3.8, 4) is 0 Å².